The van der Waals surface area contributed by atoms with Gasteiger partial charge in [-0.2, -0.15) is 23.5 Å². The highest BCUT2D eigenvalue weighted by Gasteiger charge is 2.35. The predicted octanol–water partition coefficient (Wildman–Crippen LogP) is 2.66. The molecule has 3 rings (SSSR count). The van der Waals surface area contributed by atoms with Gasteiger partial charge in [0.15, 0.2) is 11.9 Å². The van der Waals surface area contributed by atoms with E-state index in [9.17, 15) is 27.6 Å². The van der Waals surface area contributed by atoms with Crippen LogP contribution in [0.5, 0.6) is 0 Å². The Morgan fingerprint density at radius 2 is 1.95 bits per heavy atom. The van der Waals surface area contributed by atoms with Gasteiger partial charge in [-0.3, -0.25) is 14.4 Å². The topological polar surface area (TPSA) is 136 Å². The van der Waals surface area contributed by atoms with Gasteiger partial charge in [0.2, 0.25) is 5.91 Å². The molecule has 3 amide bonds. The Morgan fingerprint density at radius 1 is 1.26 bits per heavy atom. The third-order valence-electron chi connectivity index (χ3n) is 5.82. The second-order valence-electron chi connectivity index (χ2n) is 8.97. The summed E-state index contributed by atoms with van der Waals surface area (Å²) in [5, 5.41) is 18.6. The first kappa shape index (κ1) is 28.9. The fraction of sp³-hybridized carbons (Fsp3) is 0.478. The maximum Gasteiger partial charge on any atom is 0.407 e. The number of alkyl halides is 3. The lowest BCUT2D eigenvalue weighted by Crippen LogP contribution is -2.47. The van der Waals surface area contributed by atoms with Crippen molar-refractivity contribution in [3.63, 3.8) is 0 Å². The molecule has 0 spiro atoms. The summed E-state index contributed by atoms with van der Waals surface area (Å²) in [4.78, 5) is 44.4. The highest BCUT2D eigenvalue weighted by Crippen LogP contribution is 2.19. The highest BCUT2D eigenvalue weighted by atomic mass is 35.5. The second-order valence-corrected chi connectivity index (χ2v) is 9.40. The number of carbonyl (C=O) groups is 3. The molecular formula is C23H26ClF3N8O3. The Labute approximate surface area is 221 Å². The summed E-state index contributed by atoms with van der Waals surface area (Å²) in [5.41, 5.74) is -0.809. The van der Waals surface area contributed by atoms with Crippen LogP contribution < -0.4 is 10.6 Å². The van der Waals surface area contributed by atoms with Crippen LogP contribution in [0.1, 0.15) is 47.7 Å². The number of piperidine rings is 1. The number of rotatable bonds is 8. The van der Waals surface area contributed by atoms with E-state index in [1.807, 2.05) is 0 Å². The van der Waals surface area contributed by atoms with Crippen molar-refractivity contribution in [2.45, 2.75) is 51.5 Å². The van der Waals surface area contributed by atoms with Crippen LogP contribution in [0.3, 0.4) is 0 Å². The van der Waals surface area contributed by atoms with E-state index in [-0.39, 0.29) is 22.5 Å². The minimum Gasteiger partial charge on any atom is -0.348 e. The SMILES string of the molecule is CC(C)N1CCC(NC(=O)c2cc(C(=O)N(C#N)CC(F)(F)F)nn2CC(=O)Nc2ccc(Cl)cn2)CC1. The van der Waals surface area contributed by atoms with Crippen molar-refractivity contribution in [2.75, 3.05) is 25.0 Å². The van der Waals surface area contributed by atoms with Crippen LogP contribution in [-0.2, 0) is 11.3 Å². The Balaban J connectivity index is 1.81. The van der Waals surface area contributed by atoms with Crippen molar-refractivity contribution >= 4 is 35.1 Å². The second kappa shape index (κ2) is 12.2. The lowest BCUT2D eigenvalue weighted by Gasteiger charge is -2.34. The average molecular weight is 555 g/mol. The highest BCUT2D eigenvalue weighted by molar-refractivity contribution is 6.30. The molecule has 0 atom stereocenters. The summed E-state index contributed by atoms with van der Waals surface area (Å²) in [6.45, 7) is 3.28. The van der Waals surface area contributed by atoms with Crippen LogP contribution in [0.25, 0.3) is 0 Å². The molecule has 0 radical (unpaired) electrons. The number of hydrogen-bond acceptors (Lipinski definition) is 7. The fourth-order valence-electron chi connectivity index (χ4n) is 3.88. The van der Waals surface area contributed by atoms with Gasteiger partial charge in [-0.15, -0.1) is 0 Å². The van der Waals surface area contributed by atoms with E-state index in [1.54, 1.807) is 0 Å². The Morgan fingerprint density at radius 3 is 2.50 bits per heavy atom. The van der Waals surface area contributed by atoms with Gasteiger partial charge in [0.1, 0.15) is 24.6 Å². The molecule has 1 saturated heterocycles. The van der Waals surface area contributed by atoms with Gasteiger partial charge in [-0.1, -0.05) is 11.6 Å². The zero-order valence-electron chi connectivity index (χ0n) is 20.6. The van der Waals surface area contributed by atoms with Gasteiger partial charge < -0.3 is 15.5 Å². The maximum atomic E-state index is 13.1. The van der Waals surface area contributed by atoms with Gasteiger partial charge in [0, 0.05) is 37.4 Å². The number of halogens is 4. The van der Waals surface area contributed by atoms with E-state index in [0.717, 1.165) is 23.8 Å². The van der Waals surface area contributed by atoms with Gasteiger partial charge in [-0.05, 0) is 38.8 Å². The summed E-state index contributed by atoms with van der Waals surface area (Å²) in [6.07, 6.45) is -1.00. The summed E-state index contributed by atoms with van der Waals surface area (Å²) in [5.74, 6) is -2.53. The molecule has 0 unspecified atom stereocenters. The quantitative estimate of drug-likeness (QED) is 0.378. The van der Waals surface area contributed by atoms with Gasteiger partial charge in [0.25, 0.3) is 11.8 Å². The molecule has 1 fully saturated rings. The number of anilines is 1. The monoisotopic (exact) mass is 554 g/mol. The van der Waals surface area contributed by atoms with Gasteiger partial charge >= 0.3 is 6.18 Å². The molecule has 11 nitrogen and oxygen atoms in total. The summed E-state index contributed by atoms with van der Waals surface area (Å²) in [6, 6.07) is 4.07. The average Bonchev–Trinajstić information content (AvgIpc) is 3.27. The van der Waals surface area contributed by atoms with Crippen LogP contribution in [-0.4, -0.2) is 80.2 Å². The maximum absolute atomic E-state index is 13.1. The third-order valence-corrected chi connectivity index (χ3v) is 6.04. The van der Waals surface area contributed by atoms with E-state index in [1.165, 1.54) is 24.5 Å². The standard InChI is InChI=1S/C23H26ClF3N8O3/c1-14(2)33-7-5-16(6-8-33)30-21(37)18-9-17(22(38)34(13-28)12-23(25,26)27)32-35(18)11-20(36)31-19-4-3-15(24)10-29-19/h3-4,9-10,14,16H,5-8,11-12H2,1-2H3,(H,30,37)(H,29,31,36). The lowest BCUT2D eigenvalue weighted by molar-refractivity contribution is -0.135. The van der Waals surface area contributed by atoms with Crippen molar-refractivity contribution in [3.05, 3.63) is 40.8 Å². The van der Waals surface area contributed by atoms with Crippen molar-refractivity contribution in [2.24, 2.45) is 0 Å². The molecule has 1 aliphatic rings. The third kappa shape index (κ3) is 7.90. The lowest BCUT2D eigenvalue weighted by atomic mass is 10.0. The predicted molar refractivity (Wildman–Crippen MR) is 130 cm³/mol. The van der Waals surface area contributed by atoms with Crippen LogP contribution >= 0.6 is 11.6 Å². The number of nitrogens with one attached hydrogen (secondary N) is 2. The number of pyridine rings is 1. The number of carbonyl (C=O) groups excluding carboxylic acids is 3. The fourth-order valence-corrected chi connectivity index (χ4v) is 3.99. The molecule has 0 saturated carbocycles. The summed E-state index contributed by atoms with van der Waals surface area (Å²) >= 11 is 5.78. The normalized spacial score (nSPS) is 14.7. The zero-order chi connectivity index (χ0) is 28.0. The van der Waals surface area contributed by atoms with E-state index in [4.69, 9.17) is 16.9 Å². The first-order valence-electron chi connectivity index (χ1n) is 11.7. The summed E-state index contributed by atoms with van der Waals surface area (Å²) < 4.78 is 39.4. The molecule has 204 valence electrons. The van der Waals surface area contributed by atoms with E-state index in [0.29, 0.717) is 23.9 Å². The van der Waals surface area contributed by atoms with Crippen molar-refractivity contribution in [1.29, 1.82) is 5.26 Å². The zero-order valence-corrected chi connectivity index (χ0v) is 21.4. The number of amides is 3. The Hall–Kier alpha value is -3.70. The number of nitriles is 1. The molecule has 0 bridgehead atoms. The number of likely N-dealkylation sites (tertiary alicyclic amines) is 1. The molecule has 2 aromatic rings. The van der Waals surface area contributed by atoms with Crippen LogP contribution in [0.4, 0.5) is 19.0 Å². The summed E-state index contributed by atoms with van der Waals surface area (Å²) in [7, 11) is 0. The number of aromatic nitrogens is 3. The van der Waals surface area contributed by atoms with Crippen LogP contribution in [0.15, 0.2) is 24.4 Å². The van der Waals surface area contributed by atoms with E-state index in [2.05, 4.69) is 39.5 Å². The molecule has 2 N–H and O–H groups in total. The molecule has 0 aromatic carbocycles. The largest absolute Gasteiger partial charge is 0.407 e. The van der Waals surface area contributed by atoms with E-state index >= 15 is 0 Å². The van der Waals surface area contributed by atoms with Crippen molar-refractivity contribution in [1.82, 2.24) is 29.9 Å². The Bertz CT molecular complexity index is 1200. The molecule has 2 aromatic heterocycles. The van der Waals surface area contributed by atoms with Gasteiger partial charge in [0.05, 0.1) is 5.02 Å². The number of hydrogen-bond donors (Lipinski definition) is 2. The van der Waals surface area contributed by atoms with Crippen LogP contribution in [0.2, 0.25) is 5.02 Å². The molecule has 1 aliphatic heterocycles. The molecule has 3 heterocycles. The first-order valence-corrected chi connectivity index (χ1v) is 12.1. The molecule has 38 heavy (non-hydrogen) atoms. The van der Waals surface area contributed by atoms with Crippen molar-refractivity contribution in [3.8, 4) is 6.19 Å². The Kier molecular flexibility index (Phi) is 9.29. The minimum atomic E-state index is -4.83. The smallest absolute Gasteiger partial charge is 0.348 e. The molecule has 0 aliphatic carbocycles. The molecule has 15 heteroatoms. The first-order chi connectivity index (χ1) is 17.9. The number of nitrogens with zero attached hydrogens (tertiary/aromatic N) is 6. The van der Waals surface area contributed by atoms with Crippen molar-refractivity contribution < 1.29 is 27.6 Å². The van der Waals surface area contributed by atoms with Gasteiger partial charge in [-0.25, -0.2) is 14.6 Å². The minimum absolute atomic E-state index is 0.117. The van der Waals surface area contributed by atoms with Crippen LogP contribution in [0, 0.1) is 11.5 Å². The molecular weight excluding hydrogens is 529 g/mol. The van der Waals surface area contributed by atoms with E-state index < -0.39 is 42.7 Å².